The Morgan fingerprint density at radius 2 is 1.77 bits per heavy atom. The number of amides is 1. The third-order valence-corrected chi connectivity index (χ3v) is 5.56. The molecule has 4 rings (SSSR count). The van der Waals surface area contributed by atoms with Crippen LogP contribution in [0.15, 0.2) is 54.3 Å². The minimum atomic E-state index is -0.191. The van der Waals surface area contributed by atoms with Crippen molar-refractivity contribution in [2.45, 2.75) is 6.92 Å². The van der Waals surface area contributed by atoms with Crippen LogP contribution in [0, 0.1) is 6.92 Å². The number of benzene rings is 1. The first-order valence-electron chi connectivity index (χ1n) is 7.77. The lowest BCUT2D eigenvalue weighted by Crippen LogP contribution is -2.11. The lowest BCUT2D eigenvalue weighted by Gasteiger charge is -2.05. The number of rotatable bonds is 4. The Morgan fingerprint density at radius 1 is 1.00 bits per heavy atom. The SMILES string of the molecule is Cc1nc(-c2ncccn2)sc1C(=O)Nc1ccc(-c2nccs2)cc1. The van der Waals surface area contributed by atoms with Gasteiger partial charge in [-0.25, -0.2) is 19.9 Å². The fourth-order valence-electron chi connectivity index (χ4n) is 2.36. The van der Waals surface area contributed by atoms with Gasteiger partial charge in [0, 0.05) is 35.2 Å². The van der Waals surface area contributed by atoms with Crippen LogP contribution in [-0.4, -0.2) is 25.8 Å². The Balaban J connectivity index is 1.52. The summed E-state index contributed by atoms with van der Waals surface area (Å²) in [6.07, 6.45) is 5.09. The monoisotopic (exact) mass is 379 g/mol. The number of hydrogen-bond donors (Lipinski definition) is 1. The van der Waals surface area contributed by atoms with E-state index in [4.69, 9.17) is 0 Å². The molecular formula is C18H13N5OS2. The van der Waals surface area contributed by atoms with E-state index in [0.717, 1.165) is 16.3 Å². The molecule has 128 valence electrons. The van der Waals surface area contributed by atoms with Crippen LogP contribution >= 0.6 is 22.7 Å². The maximum absolute atomic E-state index is 12.6. The average Bonchev–Trinajstić information content (AvgIpc) is 3.33. The summed E-state index contributed by atoms with van der Waals surface area (Å²) < 4.78 is 0. The van der Waals surface area contributed by atoms with E-state index in [1.807, 2.05) is 36.6 Å². The van der Waals surface area contributed by atoms with E-state index in [0.29, 0.717) is 21.4 Å². The molecule has 1 aromatic carbocycles. The minimum Gasteiger partial charge on any atom is -0.321 e. The second-order valence-electron chi connectivity index (χ2n) is 5.37. The van der Waals surface area contributed by atoms with E-state index in [2.05, 4.69) is 25.3 Å². The number of hydrogen-bond acceptors (Lipinski definition) is 7. The van der Waals surface area contributed by atoms with E-state index in [1.54, 1.807) is 36.0 Å². The minimum absolute atomic E-state index is 0.191. The lowest BCUT2D eigenvalue weighted by molar-refractivity contribution is 0.103. The molecule has 0 unspecified atom stereocenters. The Bertz CT molecular complexity index is 1030. The van der Waals surface area contributed by atoms with Crippen LogP contribution in [0.5, 0.6) is 0 Å². The van der Waals surface area contributed by atoms with Gasteiger partial charge in [0.1, 0.15) is 9.88 Å². The van der Waals surface area contributed by atoms with Gasteiger partial charge in [0.2, 0.25) is 0 Å². The summed E-state index contributed by atoms with van der Waals surface area (Å²) in [7, 11) is 0. The van der Waals surface area contributed by atoms with Crippen molar-refractivity contribution in [3.05, 3.63) is 64.9 Å². The zero-order chi connectivity index (χ0) is 17.9. The molecule has 4 aromatic rings. The Kier molecular flexibility index (Phi) is 4.51. The molecule has 0 fully saturated rings. The Morgan fingerprint density at radius 3 is 2.46 bits per heavy atom. The highest BCUT2D eigenvalue weighted by atomic mass is 32.1. The highest BCUT2D eigenvalue weighted by Gasteiger charge is 2.17. The second-order valence-corrected chi connectivity index (χ2v) is 7.27. The summed E-state index contributed by atoms with van der Waals surface area (Å²) in [6.45, 7) is 1.81. The van der Waals surface area contributed by atoms with Crippen LogP contribution in [-0.2, 0) is 0 Å². The van der Waals surface area contributed by atoms with Gasteiger partial charge in [-0.3, -0.25) is 4.79 Å². The van der Waals surface area contributed by atoms with Gasteiger partial charge in [-0.05, 0) is 37.3 Å². The van der Waals surface area contributed by atoms with Crippen LogP contribution in [0.4, 0.5) is 5.69 Å². The normalized spacial score (nSPS) is 10.7. The first-order chi connectivity index (χ1) is 12.7. The number of aryl methyl sites for hydroxylation is 1. The maximum Gasteiger partial charge on any atom is 0.267 e. The molecule has 0 aliphatic carbocycles. The van der Waals surface area contributed by atoms with Gasteiger partial charge >= 0.3 is 0 Å². The second kappa shape index (κ2) is 7.11. The van der Waals surface area contributed by atoms with Gasteiger partial charge in [0.15, 0.2) is 10.8 Å². The summed E-state index contributed by atoms with van der Waals surface area (Å²) in [5.74, 6) is 0.330. The van der Waals surface area contributed by atoms with E-state index in [9.17, 15) is 4.79 Å². The molecule has 6 nitrogen and oxygen atoms in total. The molecule has 0 spiro atoms. The Labute approximate surface area is 157 Å². The van der Waals surface area contributed by atoms with Crippen molar-refractivity contribution in [1.82, 2.24) is 19.9 Å². The van der Waals surface area contributed by atoms with Gasteiger partial charge in [-0.2, -0.15) is 0 Å². The molecule has 0 saturated heterocycles. The maximum atomic E-state index is 12.6. The molecule has 3 aromatic heterocycles. The molecule has 0 aliphatic heterocycles. The molecule has 1 N–H and O–H groups in total. The summed E-state index contributed by atoms with van der Waals surface area (Å²) in [4.78, 5) is 30.2. The Hall–Kier alpha value is -2.97. The summed E-state index contributed by atoms with van der Waals surface area (Å²) in [6, 6.07) is 9.36. The molecule has 1 amide bonds. The van der Waals surface area contributed by atoms with Gasteiger partial charge < -0.3 is 5.32 Å². The van der Waals surface area contributed by atoms with Gasteiger partial charge in [0.25, 0.3) is 5.91 Å². The van der Waals surface area contributed by atoms with Crippen molar-refractivity contribution in [3.8, 4) is 21.4 Å². The topological polar surface area (TPSA) is 80.7 Å². The summed E-state index contributed by atoms with van der Waals surface area (Å²) in [5, 5.41) is 6.43. The number of carbonyl (C=O) groups excluding carboxylic acids is 1. The predicted molar refractivity (Wildman–Crippen MR) is 103 cm³/mol. The van der Waals surface area contributed by atoms with E-state index >= 15 is 0 Å². The standard InChI is InChI=1S/C18H13N5OS2/c1-11-14(26-18(22-11)15-19-7-2-8-20-15)16(24)23-13-5-3-12(4-6-13)17-21-9-10-25-17/h2-10H,1H3,(H,23,24). The molecule has 0 aliphatic rings. The first-order valence-corrected chi connectivity index (χ1v) is 9.46. The largest absolute Gasteiger partial charge is 0.321 e. The van der Waals surface area contributed by atoms with Crippen LogP contribution in [0.2, 0.25) is 0 Å². The molecule has 0 radical (unpaired) electrons. The molecule has 0 atom stereocenters. The number of anilines is 1. The van der Waals surface area contributed by atoms with Crippen LogP contribution < -0.4 is 5.32 Å². The van der Waals surface area contributed by atoms with Crippen LogP contribution in [0.3, 0.4) is 0 Å². The van der Waals surface area contributed by atoms with Gasteiger partial charge in [-0.1, -0.05) is 0 Å². The average molecular weight is 379 g/mol. The molecule has 0 bridgehead atoms. The zero-order valence-electron chi connectivity index (χ0n) is 13.7. The van der Waals surface area contributed by atoms with Gasteiger partial charge in [-0.15, -0.1) is 22.7 Å². The number of carbonyl (C=O) groups is 1. The fraction of sp³-hybridized carbons (Fsp3) is 0.0556. The first kappa shape index (κ1) is 16.5. The highest BCUT2D eigenvalue weighted by Crippen LogP contribution is 2.27. The van der Waals surface area contributed by atoms with Crippen molar-refractivity contribution >= 4 is 34.3 Å². The number of nitrogens with zero attached hydrogens (tertiary/aromatic N) is 4. The third kappa shape index (κ3) is 3.37. The lowest BCUT2D eigenvalue weighted by atomic mass is 10.2. The van der Waals surface area contributed by atoms with Crippen LogP contribution in [0.25, 0.3) is 21.4 Å². The van der Waals surface area contributed by atoms with Crippen molar-refractivity contribution in [1.29, 1.82) is 0 Å². The fourth-order valence-corrected chi connectivity index (χ4v) is 3.92. The zero-order valence-corrected chi connectivity index (χ0v) is 15.3. The molecule has 3 heterocycles. The predicted octanol–water partition coefficient (Wildman–Crippen LogP) is 4.28. The number of thiazole rings is 2. The molecule has 0 saturated carbocycles. The molecule has 26 heavy (non-hydrogen) atoms. The highest BCUT2D eigenvalue weighted by molar-refractivity contribution is 7.17. The van der Waals surface area contributed by atoms with E-state index in [-0.39, 0.29) is 5.91 Å². The number of nitrogens with one attached hydrogen (secondary N) is 1. The summed E-state index contributed by atoms with van der Waals surface area (Å²) in [5.41, 5.74) is 2.41. The van der Waals surface area contributed by atoms with Crippen molar-refractivity contribution in [3.63, 3.8) is 0 Å². The number of aromatic nitrogens is 4. The molecule has 8 heteroatoms. The third-order valence-electron chi connectivity index (χ3n) is 3.58. The van der Waals surface area contributed by atoms with E-state index < -0.39 is 0 Å². The quantitative estimate of drug-likeness (QED) is 0.572. The molecular weight excluding hydrogens is 366 g/mol. The smallest absolute Gasteiger partial charge is 0.267 e. The van der Waals surface area contributed by atoms with Crippen molar-refractivity contribution in [2.24, 2.45) is 0 Å². The summed E-state index contributed by atoms with van der Waals surface area (Å²) >= 11 is 2.86. The van der Waals surface area contributed by atoms with Crippen molar-refractivity contribution in [2.75, 3.05) is 5.32 Å². The van der Waals surface area contributed by atoms with Crippen molar-refractivity contribution < 1.29 is 4.79 Å². The van der Waals surface area contributed by atoms with E-state index in [1.165, 1.54) is 11.3 Å². The van der Waals surface area contributed by atoms with Crippen LogP contribution in [0.1, 0.15) is 15.4 Å². The van der Waals surface area contributed by atoms with Gasteiger partial charge in [0.05, 0.1) is 5.69 Å².